The summed E-state index contributed by atoms with van der Waals surface area (Å²) in [6.45, 7) is 2.69. The van der Waals surface area contributed by atoms with E-state index in [4.69, 9.17) is 9.47 Å². The first-order chi connectivity index (χ1) is 18.6. The van der Waals surface area contributed by atoms with E-state index >= 15 is 0 Å². The molecule has 0 spiro atoms. The molecule has 2 heterocycles. The van der Waals surface area contributed by atoms with E-state index in [2.05, 4.69) is 15.5 Å². The third kappa shape index (κ3) is 6.98. The Kier molecular flexibility index (Phi) is 8.68. The van der Waals surface area contributed by atoms with E-state index in [1.54, 1.807) is 0 Å². The summed E-state index contributed by atoms with van der Waals surface area (Å²) < 4.78 is 12.8. The molecule has 0 aromatic heterocycles. The van der Waals surface area contributed by atoms with Crippen molar-refractivity contribution in [2.75, 3.05) is 25.0 Å². The van der Waals surface area contributed by atoms with Crippen LogP contribution in [0.15, 0.2) is 78.9 Å². The number of nitrogens with zero attached hydrogens (tertiary/aromatic N) is 1. The van der Waals surface area contributed by atoms with Crippen molar-refractivity contribution in [2.45, 2.75) is 50.6 Å². The molecule has 8 nitrogen and oxygen atoms in total. The molecule has 4 atom stereocenters. The summed E-state index contributed by atoms with van der Waals surface area (Å²) in [4.78, 5) is 14.6. The molecule has 4 unspecified atom stereocenters. The van der Waals surface area contributed by atoms with Crippen LogP contribution in [0.1, 0.15) is 47.5 Å². The summed E-state index contributed by atoms with van der Waals surface area (Å²) >= 11 is 0. The number of β-amino-alcohol motifs (C(OH)–C–C–N with tert-alkyl or cyclic N) is 1. The number of rotatable bonds is 8. The zero-order valence-corrected chi connectivity index (χ0v) is 21.3. The number of hydrogen-bond acceptors (Lipinski definition) is 6. The maximum Gasteiger partial charge on any atom is 0.319 e. The molecule has 0 radical (unpaired) electrons. The SMILES string of the molecule is O=C(NCc1ccccc1)Nc1ccc(C2OC(CN3CCC(O)C3)CC(c3ccc(CO)cc3)O2)cc1. The molecule has 0 bridgehead atoms. The Labute approximate surface area is 223 Å². The lowest BCUT2D eigenvalue weighted by molar-refractivity contribution is -0.252. The summed E-state index contributed by atoms with van der Waals surface area (Å²) in [6.07, 6.45) is 0.403. The minimum Gasteiger partial charge on any atom is -0.392 e. The second-order valence-corrected chi connectivity index (χ2v) is 9.97. The Hall–Kier alpha value is -3.27. The van der Waals surface area contributed by atoms with E-state index in [0.29, 0.717) is 25.2 Å². The van der Waals surface area contributed by atoms with E-state index < -0.39 is 6.29 Å². The predicted molar refractivity (Wildman–Crippen MR) is 144 cm³/mol. The highest BCUT2D eigenvalue weighted by atomic mass is 16.7. The fourth-order valence-electron chi connectivity index (χ4n) is 4.98. The largest absolute Gasteiger partial charge is 0.392 e. The van der Waals surface area contributed by atoms with E-state index in [-0.39, 0.29) is 30.9 Å². The smallest absolute Gasteiger partial charge is 0.319 e. The van der Waals surface area contributed by atoms with Crippen LogP contribution < -0.4 is 10.6 Å². The molecule has 3 aromatic rings. The molecule has 3 aromatic carbocycles. The number of carbonyl (C=O) groups excluding carboxylic acids is 1. The van der Waals surface area contributed by atoms with Gasteiger partial charge in [-0.1, -0.05) is 66.7 Å². The Balaban J connectivity index is 1.24. The van der Waals surface area contributed by atoms with Crippen molar-refractivity contribution in [2.24, 2.45) is 0 Å². The van der Waals surface area contributed by atoms with Gasteiger partial charge in [-0.2, -0.15) is 0 Å². The third-order valence-corrected chi connectivity index (χ3v) is 7.06. The van der Waals surface area contributed by atoms with Crippen molar-refractivity contribution in [1.82, 2.24) is 10.2 Å². The number of hydrogen-bond donors (Lipinski definition) is 4. The molecule has 8 heteroatoms. The standard InChI is InChI=1S/C30H35N3O5/c34-20-22-6-8-23(9-7-22)28-16-27(19-33-15-14-26(35)18-33)37-29(38-28)24-10-12-25(13-11-24)32-30(36)31-17-21-4-2-1-3-5-21/h1-13,26-29,34-35H,14-20H2,(H2,31,32,36). The Morgan fingerprint density at radius 3 is 2.34 bits per heavy atom. The average Bonchev–Trinajstić information content (AvgIpc) is 3.37. The molecule has 5 rings (SSSR count). The van der Waals surface area contributed by atoms with Crippen molar-refractivity contribution in [3.63, 3.8) is 0 Å². The zero-order valence-electron chi connectivity index (χ0n) is 21.3. The van der Waals surface area contributed by atoms with Gasteiger partial charge in [0.2, 0.25) is 0 Å². The molecule has 0 aliphatic carbocycles. The minimum atomic E-state index is -0.565. The van der Waals surface area contributed by atoms with Crippen molar-refractivity contribution >= 4 is 11.7 Å². The number of likely N-dealkylation sites (tertiary alicyclic amines) is 1. The van der Waals surface area contributed by atoms with Gasteiger partial charge in [-0.25, -0.2) is 4.79 Å². The number of aliphatic hydroxyl groups excluding tert-OH is 2. The van der Waals surface area contributed by atoms with Gasteiger partial charge in [-0.15, -0.1) is 0 Å². The highest BCUT2D eigenvalue weighted by Crippen LogP contribution is 2.38. The van der Waals surface area contributed by atoms with Crippen LogP contribution in [0.5, 0.6) is 0 Å². The van der Waals surface area contributed by atoms with E-state index in [0.717, 1.165) is 41.8 Å². The summed E-state index contributed by atoms with van der Waals surface area (Å²) in [7, 11) is 0. The molecule has 2 amide bonds. The number of nitrogens with one attached hydrogen (secondary N) is 2. The molecule has 2 aliphatic rings. The van der Waals surface area contributed by atoms with Gasteiger partial charge >= 0.3 is 6.03 Å². The number of amides is 2. The second-order valence-electron chi connectivity index (χ2n) is 9.97. The Morgan fingerprint density at radius 2 is 1.66 bits per heavy atom. The van der Waals surface area contributed by atoms with Crippen LogP contribution in [-0.4, -0.2) is 53.0 Å². The quantitative estimate of drug-likeness (QED) is 0.359. The maximum absolute atomic E-state index is 12.3. The molecule has 200 valence electrons. The number of anilines is 1. The first-order valence-corrected chi connectivity index (χ1v) is 13.2. The first-order valence-electron chi connectivity index (χ1n) is 13.2. The van der Waals surface area contributed by atoms with E-state index in [9.17, 15) is 15.0 Å². The van der Waals surface area contributed by atoms with Gasteiger partial charge in [0.05, 0.1) is 24.9 Å². The highest BCUT2D eigenvalue weighted by molar-refractivity contribution is 5.89. The lowest BCUT2D eigenvalue weighted by atomic mass is 9.99. The van der Waals surface area contributed by atoms with Crippen LogP contribution in [0, 0.1) is 0 Å². The van der Waals surface area contributed by atoms with Crippen LogP contribution in [0.25, 0.3) is 0 Å². The third-order valence-electron chi connectivity index (χ3n) is 7.06. The zero-order chi connectivity index (χ0) is 26.3. The highest BCUT2D eigenvalue weighted by Gasteiger charge is 2.34. The van der Waals surface area contributed by atoms with Gasteiger partial charge in [0.1, 0.15) is 0 Å². The molecular formula is C30H35N3O5. The Bertz CT molecular complexity index is 1170. The summed E-state index contributed by atoms with van der Waals surface area (Å²) in [5, 5.41) is 25.1. The molecule has 38 heavy (non-hydrogen) atoms. The summed E-state index contributed by atoms with van der Waals surface area (Å²) in [6, 6.07) is 24.8. The van der Waals surface area contributed by atoms with Crippen LogP contribution >= 0.6 is 0 Å². The lowest BCUT2D eigenvalue weighted by Gasteiger charge is -2.37. The van der Waals surface area contributed by atoms with Gasteiger partial charge in [0.25, 0.3) is 0 Å². The Morgan fingerprint density at radius 1 is 0.921 bits per heavy atom. The van der Waals surface area contributed by atoms with Crippen LogP contribution in [0.3, 0.4) is 0 Å². The molecule has 2 fully saturated rings. The van der Waals surface area contributed by atoms with Crippen molar-refractivity contribution in [3.8, 4) is 0 Å². The van der Waals surface area contributed by atoms with Crippen LogP contribution in [0.2, 0.25) is 0 Å². The minimum absolute atomic E-state index is 0.00210. The molecule has 0 saturated carbocycles. The lowest BCUT2D eigenvalue weighted by Crippen LogP contribution is -2.38. The van der Waals surface area contributed by atoms with E-state index in [1.807, 2.05) is 78.9 Å². The molecular weight excluding hydrogens is 482 g/mol. The number of ether oxygens (including phenoxy) is 2. The fraction of sp³-hybridized carbons (Fsp3) is 0.367. The number of urea groups is 1. The van der Waals surface area contributed by atoms with Gasteiger partial charge in [-0.3, -0.25) is 4.90 Å². The van der Waals surface area contributed by atoms with Crippen molar-refractivity contribution in [1.29, 1.82) is 0 Å². The van der Waals surface area contributed by atoms with E-state index in [1.165, 1.54) is 0 Å². The molecule has 4 N–H and O–H groups in total. The van der Waals surface area contributed by atoms with Crippen molar-refractivity contribution < 1.29 is 24.5 Å². The average molecular weight is 518 g/mol. The van der Waals surface area contributed by atoms with Crippen molar-refractivity contribution in [3.05, 3.63) is 101 Å². The van der Waals surface area contributed by atoms with Crippen LogP contribution in [-0.2, 0) is 22.6 Å². The summed E-state index contributed by atoms with van der Waals surface area (Å²) in [5.74, 6) is 0. The maximum atomic E-state index is 12.3. The van der Waals surface area contributed by atoms with Gasteiger partial charge in [0, 0.05) is 43.9 Å². The molecule has 2 aliphatic heterocycles. The second kappa shape index (κ2) is 12.5. The predicted octanol–water partition coefficient (Wildman–Crippen LogP) is 4.11. The normalized spacial score (nSPS) is 23.7. The molecule has 2 saturated heterocycles. The number of benzene rings is 3. The van der Waals surface area contributed by atoms with Gasteiger partial charge in [0.15, 0.2) is 6.29 Å². The summed E-state index contributed by atoms with van der Waals surface area (Å²) in [5.41, 5.74) is 4.46. The van der Waals surface area contributed by atoms with Gasteiger partial charge in [-0.05, 0) is 35.2 Å². The fourth-order valence-corrected chi connectivity index (χ4v) is 4.98. The number of aliphatic hydroxyl groups is 2. The number of carbonyl (C=O) groups is 1. The van der Waals surface area contributed by atoms with Gasteiger partial charge < -0.3 is 30.3 Å². The van der Waals surface area contributed by atoms with Crippen LogP contribution in [0.4, 0.5) is 10.5 Å². The topological polar surface area (TPSA) is 103 Å². The monoisotopic (exact) mass is 517 g/mol. The first kappa shape index (κ1) is 26.3.